The first-order chi connectivity index (χ1) is 9.08. The van der Waals surface area contributed by atoms with Crippen molar-refractivity contribution in [3.05, 3.63) is 29.6 Å². The van der Waals surface area contributed by atoms with Crippen LogP contribution in [0.1, 0.15) is 23.7 Å². The zero-order valence-electron chi connectivity index (χ0n) is 11.0. The number of hydrogen-bond donors (Lipinski definition) is 2. The summed E-state index contributed by atoms with van der Waals surface area (Å²) >= 11 is 0. The van der Waals surface area contributed by atoms with Gasteiger partial charge >= 0.3 is 0 Å². The van der Waals surface area contributed by atoms with E-state index in [4.69, 9.17) is 4.74 Å². The Labute approximate surface area is 111 Å². The van der Waals surface area contributed by atoms with E-state index in [9.17, 15) is 14.0 Å². The molecular formula is C13H17FN2O3. The topological polar surface area (TPSA) is 67.4 Å². The van der Waals surface area contributed by atoms with Gasteiger partial charge in [0.15, 0.2) is 0 Å². The minimum atomic E-state index is -0.553. The first-order valence-corrected chi connectivity index (χ1v) is 5.97. The molecule has 0 aromatic heterocycles. The van der Waals surface area contributed by atoms with Gasteiger partial charge in [0.1, 0.15) is 11.6 Å². The average Bonchev–Trinajstić information content (AvgIpc) is 2.42. The molecule has 0 bridgehead atoms. The average molecular weight is 268 g/mol. The van der Waals surface area contributed by atoms with Crippen molar-refractivity contribution in [1.82, 2.24) is 10.6 Å². The summed E-state index contributed by atoms with van der Waals surface area (Å²) in [6.07, 6.45) is 0.817. The summed E-state index contributed by atoms with van der Waals surface area (Å²) in [6, 6.07) is 3.63. The summed E-state index contributed by atoms with van der Waals surface area (Å²) in [4.78, 5) is 23.1. The smallest absolute Gasteiger partial charge is 0.255 e. The third-order valence-corrected chi connectivity index (χ3v) is 2.39. The Bertz CT molecular complexity index is 463. The number of carbonyl (C=O) groups excluding carboxylic acids is 2. The second-order valence-electron chi connectivity index (χ2n) is 3.88. The largest absolute Gasteiger partial charge is 0.496 e. The van der Waals surface area contributed by atoms with Crippen LogP contribution in [0.15, 0.2) is 18.2 Å². The first kappa shape index (κ1) is 14.9. The van der Waals surface area contributed by atoms with Crippen LogP contribution in [0, 0.1) is 5.82 Å². The molecule has 104 valence electrons. The van der Waals surface area contributed by atoms with E-state index in [0.29, 0.717) is 6.54 Å². The van der Waals surface area contributed by atoms with Crippen LogP contribution in [0.5, 0.6) is 5.75 Å². The standard InChI is InChI=1S/C13H17FN2O3/c1-3-6-15-12(17)8-16-13(18)10-7-9(14)4-5-11(10)19-2/h4-5,7H,3,6,8H2,1-2H3,(H,15,17)(H,16,18). The Morgan fingerprint density at radius 2 is 2.05 bits per heavy atom. The molecule has 6 heteroatoms. The maximum absolute atomic E-state index is 13.1. The lowest BCUT2D eigenvalue weighted by Crippen LogP contribution is -2.37. The lowest BCUT2D eigenvalue weighted by molar-refractivity contribution is -0.120. The summed E-state index contributed by atoms with van der Waals surface area (Å²) in [6.45, 7) is 2.33. The van der Waals surface area contributed by atoms with Gasteiger partial charge in [-0.3, -0.25) is 9.59 Å². The van der Waals surface area contributed by atoms with Crippen LogP contribution >= 0.6 is 0 Å². The Morgan fingerprint density at radius 1 is 1.32 bits per heavy atom. The highest BCUT2D eigenvalue weighted by Gasteiger charge is 2.14. The molecule has 5 nitrogen and oxygen atoms in total. The Balaban J connectivity index is 2.63. The zero-order chi connectivity index (χ0) is 14.3. The number of benzene rings is 1. The van der Waals surface area contributed by atoms with E-state index < -0.39 is 11.7 Å². The Kier molecular flexibility index (Phi) is 5.78. The molecule has 0 aliphatic carbocycles. The van der Waals surface area contributed by atoms with E-state index in [-0.39, 0.29) is 23.8 Å². The Morgan fingerprint density at radius 3 is 2.68 bits per heavy atom. The Hall–Kier alpha value is -2.11. The molecule has 0 saturated carbocycles. The van der Waals surface area contributed by atoms with Gasteiger partial charge in [0.05, 0.1) is 19.2 Å². The number of rotatable bonds is 6. The van der Waals surface area contributed by atoms with Gasteiger partial charge in [0, 0.05) is 6.54 Å². The number of halogens is 1. The highest BCUT2D eigenvalue weighted by atomic mass is 19.1. The van der Waals surface area contributed by atoms with Gasteiger partial charge in [-0.05, 0) is 24.6 Å². The van der Waals surface area contributed by atoms with Crippen LogP contribution in [0.4, 0.5) is 4.39 Å². The maximum atomic E-state index is 13.1. The summed E-state index contributed by atoms with van der Waals surface area (Å²) < 4.78 is 18.1. The monoisotopic (exact) mass is 268 g/mol. The van der Waals surface area contributed by atoms with Crippen molar-refractivity contribution in [3.63, 3.8) is 0 Å². The van der Waals surface area contributed by atoms with Crippen LogP contribution in [-0.2, 0) is 4.79 Å². The molecule has 0 spiro atoms. The van der Waals surface area contributed by atoms with Gasteiger partial charge in [0.25, 0.3) is 5.91 Å². The van der Waals surface area contributed by atoms with Crippen molar-refractivity contribution in [1.29, 1.82) is 0 Å². The van der Waals surface area contributed by atoms with Gasteiger partial charge in [-0.15, -0.1) is 0 Å². The highest BCUT2D eigenvalue weighted by Crippen LogP contribution is 2.18. The number of ether oxygens (including phenoxy) is 1. The maximum Gasteiger partial charge on any atom is 0.255 e. The number of carbonyl (C=O) groups is 2. The molecule has 0 atom stereocenters. The summed E-state index contributed by atoms with van der Waals surface area (Å²) in [5.74, 6) is -1.12. The zero-order valence-corrected chi connectivity index (χ0v) is 11.0. The number of nitrogens with one attached hydrogen (secondary N) is 2. The lowest BCUT2D eigenvalue weighted by Gasteiger charge is -2.09. The van der Waals surface area contributed by atoms with E-state index in [2.05, 4.69) is 10.6 Å². The normalized spacial score (nSPS) is 9.84. The van der Waals surface area contributed by atoms with Crippen LogP contribution in [-0.4, -0.2) is 32.0 Å². The molecule has 2 amide bonds. The fourth-order valence-corrected chi connectivity index (χ4v) is 1.44. The quantitative estimate of drug-likeness (QED) is 0.811. The second-order valence-corrected chi connectivity index (χ2v) is 3.88. The van der Waals surface area contributed by atoms with Crippen LogP contribution in [0.25, 0.3) is 0 Å². The van der Waals surface area contributed by atoms with Crippen molar-refractivity contribution in [2.24, 2.45) is 0 Å². The van der Waals surface area contributed by atoms with Gasteiger partial charge in [-0.2, -0.15) is 0 Å². The predicted molar refractivity (Wildman–Crippen MR) is 68.6 cm³/mol. The van der Waals surface area contributed by atoms with Crippen LogP contribution < -0.4 is 15.4 Å². The summed E-state index contributed by atoms with van der Waals surface area (Å²) in [7, 11) is 1.39. The van der Waals surface area contributed by atoms with E-state index in [1.807, 2.05) is 6.92 Å². The summed E-state index contributed by atoms with van der Waals surface area (Å²) in [5.41, 5.74) is 0.0609. The van der Waals surface area contributed by atoms with E-state index in [0.717, 1.165) is 12.5 Å². The molecule has 2 N–H and O–H groups in total. The van der Waals surface area contributed by atoms with Gasteiger partial charge in [-0.1, -0.05) is 6.92 Å². The van der Waals surface area contributed by atoms with Crippen LogP contribution in [0.3, 0.4) is 0 Å². The van der Waals surface area contributed by atoms with Gasteiger partial charge in [0.2, 0.25) is 5.91 Å². The molecule has 0 unspecified atom stereocenters. The molecule has 0 aliphatic rings. The fraction of sp³-hybridized carbons (Fsp3) is 0.385. The number of methoxy groups -OCH3 is 1. The molecule has 19 heavy (non-hydrogen) atoms. The van der Waals surface area contributed by atoms with Crippen molar-refractivity contribution >= 4 is 11.8 Å². The second kappa shape index (κ2) is 7.35. The SMILES string of the molecule is CCCNC(=O)CNC(=O)c1cc(F)ccc1OC. The highest BCUT2D eigenvalue weighted by molar-refractivity contribution is 5.98. The minimum Gasteiger partial charge on any atom is -0.496 e. The molecule has 1 rings (SSSR count). The summed E-state index contributed by atoms with van der Waals surface area (Å²) in [5, 5.41) is 5.03. The third-order valence-electron chi connectivity index (χ3n) is 2.39. The first-order valence-electron chi connectivity index (χ1n) is 5.97. The van der Waals surface area contributed by atoms with Crippen molar-refractivity contribution in [3.8, 4) is 5.75 Å². The minimum absolute atomic E-state index is 0.0609. The molecular weight excluding hydrogens is 251 g/mol. The molecule has 0 saturated heterocycles. The number of hydrogen-bond acceptors (Lipinski definition) is 3. The molecule has 0 aliphatic heterocycles. The van der Waals surface area contributed by atoms with E-state index in [1.54, 1.807) is 0 Å². The molecule has 0 fully saturated rings. The van der Waals surface area contributed by atoms with Crippen molar-refractivity contribution in [2.45, 2.75) is 13.3 Å². The molecule has 0 heterocycles. The van der Waals surface area contributed by atoms with E-state index >= 15 is 0 Å². The van der Waals surface area contributed by atoms with Crippen molar-refractivity contribution < 1.29 is 18.7 Å². The molecule has 1 aromatic rings. The predicted octanol–water partition coefficient (Wildman–Crippen LogP) is 1.09. The third kappa shape index (κ3) is 4.57. The molecule has 1 aromatic carbocycles. The van der Waals surface area contributed by atoms with Gasteiger partial charge < -0.3 is 15.4 Å². The van der Waals surface area contributed by atoms with Crippen LogP contribution in [0.2, 0.25) is 0 Å². The lowest BCUT2D eigenvalue weighted by atomic mass is 10.2. The fourth-order valence-electron chi connectivity index (χ4n) is 1.44. The molecule has 0 radical (unpaired) electrons. The van der Waals surface area contributed by atoms with E-state index in [1.165, 1.54) is 19.2 Å². The number of amides is 2. The van der Waals surface area contributed by atoms with Crippen molar-refractivity contribution in [2.75, 3.05) is 20.2 Å². The van der Waals surface area contributed by atoms with Gasteiger partial charge in [-0.25, -0.2) is 4.39 Å².